The van der Waals surface area contributed by atoms with Gasteiger partial charge in [0.1, 0.15) is 5.82 Å². The Labute approximate surface area is 177 Å². The largest absolute Gasteiger partial charge is 0.381 e. The van der Waals surface area contributed by atoms with Gasteiger partial charge in [0.2, 0.25) is 0 Å². The molecule has 1 aliphatic rings. The van der Waals surface area contributed by atoms with Crippen LogP contribution in [0, 0.1) is 6.92 Å². The van der Waals surface area contributed by atoms with Crippen LogP contribution in [0.1, 0.15) is 29.8 Å². The molecule has 2 N–H and O–H groups in total. The molecule has 0 radical (unpaired) electrons. The Bertz CT molecular complexity index is 1430. The number of rotatable bonds is 1. The van der Waals surface area contributed by atoms with Gasteiger partial charge in [0.15, 0.2) is 0 Å². The Morgan fingerprint density at radius 2 is 1.72 bits per heavy atom. The number of H-pyrrole nitrogens is 1. The summed E-state index contributed by atoms with van der Waals surface area (Å²) in [4.78, 5) is 8.88. The van der Waals surface area contributed by atoms with Crippen LogP contribution in [0.4, 0.5) is 5.69 Å². The highest BCUT2D eigenvalue weighted by molar-refractivity contribution is 9.10. The lowest BCUT2D eigenvalue weighted by Crippen LogP contribution is -2.17. The molecule has 4 aromatic carbocycles. The van der Waals surface area contributed by atoms with E-state index in [-0.39, 0.29) is 12.0 Å². The zero-order valence-corrected chi connectivity index (χ0v) is 17.8. The van der Waals surface area contributed by atoms with Crippen molar-refractivity contribution in [2.24, 2.45) is 0 Å². The maximum atomic E-state index is 5.16. The van der Waals surface area contributed by atoms with Gasteiger partial charge >= 0.3 is 0 Å². The van der Waals surface area contributed by atoms with Crippen LogP contribution in [0.2, 0.25) is 0 Å². The van der Waals surface area contributed by atoms with E-state index >= 15 is 0 Å². The molecule has 29 heavy (non-hydrogen) atoms. The lowest BCUT2D eigenvalue weighted by Gasteiger charge is -2.13. The van der Waals surface area contributed by atoms with Gasteiger partial charge in [-0.05, 0) is 48.4 Å². The molecule has 0 bridgehead atoms. The maximum Gasteiger partial charge on any atom is 0.117 e. The molecule has 0 saturated heterocycles. The van der Waals surface area contributed by atoms with Crippen LogP contribution in [0.15, 0.2) is 65.1 Å². The molecule has 0 aliphatic carbocycles. The lowest BCUT2D eigenvalue weighted by atomic mass is 9.95. The molecule has 0 spiro atoms. The topological polar surface area (TPSA) is 40.7 Å². The normalized spacial score (nSPS) is 18.4. The molecule has 0 fully saturated rings. The minimum atomic E-state index is 0.189. The summed E-state index contributed by atoms with van der Waals surface area (Å²) in [6, 6.07) is 22.0. The molecule has 0 saturated carbocycles. The van der Waals surface area contributed by atoms with E-state index in [4.69, 9.17) is 4.98 Å². The predicted octanol–water partition coefficient (Wildman–Crippen LogP) is 6.89. The minimum Gasteiger partial charge on any atom is -0.381 e. The first-order valence-electron chi connectivity index (χ1n) is 9.97. The summed E-state index contributed by atoms with van der Waals surface area (Å²) in [7, 11) is 0. The molecule has 2 heterocycles. The monoisotopic (exact) mass is 441 g/mol. The number of aromatic nitrogens is 2. The van der Waals surface area contributed by atoms with Crippen LogP contribution in [0.25, 0.3) is 32.6 Å². The van der Waals surface area contributed by atoms with Crippen LogP contribution in [-0.2, 0) is 0 Å². The van der Waals surface area contributed by atoms with E-state index < -0.39 is 0 Å². The number of benzene rings is 4. The van der Waals surface area contributed by atoms with E-state index in [9.17, 15) is 0 Å². The van der Waals surface area contributed by atoms with Crippen molar-refractivity contribution in [2.75, 3.05) is 5.32 Å². The third-order valence-corrected chi connectivity index (χ3v) is 6.66. The van der Waals surface area contributed by atoms with Crippen LogP contribution in [0.5, 0.6) is 0 Å². The fourth-order valence-electron chi connectivity index (χ4n) is 4.86. The van der Waals surface area contributed by atoms with Gasteiger partial charge in [0.05, 0.1) is 17.0 Å². The molecular weight excluding hydrogens is 422 g/mol. The van der Waals surface area contributed by atoms with E-state index in [2.05, 4.69) is 101 Å². The predicted molar refractivity (Wildman–Crippen MR) is 125 cm³/mol. The summed E-state index contributed by atoms with van der Waals surface area (Å²) >= 11 is 3.63. The fourth-order valence-corrected chi connectivity index (χ4v) is 5.24. The highest BCUT2D eigenvalue weighted by Crippen LogP contribution is 2.42. The summed E-state index contributed by atoms with van der Waals surface area (Å²) in [5.41, 5.74) is 5.94. The van der Waals surface area contributed by atoms with E-state index in [1.165, 1.54) is 38.4 Å². The second-order valence-corrected chi connectivity index (χ2v) is 9.00. The zero-order chi connectivity index (χ0) is 19.7. The Kier molecular flexibility index (Phi) is 3.57. The molecule has 3 nitrogen and oxygen atoms in total. The third kappa shape index (κ3) is 2.45. The number of nitrogens with one attached hydrogen (secondary N) is 2. The Morgan fingerprint density at radius 1 is 0.897 bits per heavy atom. The highest BCUT2D eigenvalue weighted by Gasteiger charge is 2.33. The number of anilines is 1. The number of fused-ring (bicyclic) bond motifs is 7. The molecule has 0 amide bonds. The molecule has 4 heteroatoms. The first-order valence-corrected chi connectivity index (χ1v) is 10.8. The van der Waals surface area contributed by atoms with Gasteiger partial charge in [-0.3, -0.25) is 0 Å². The molecular formula is C25H20BrN3. The van der Waals surface area contributed by atoms with Crippen molar-refractivity contribution in [3.63, 3.8) is 0 Å². The number of hydrogen-bond acceptors (Lipinski definition) is 2. The van der Waals surface area contributed by atoms with Gasteiger partial charge in [-0.2, -0.15) is 0 Å². The molecule has 2 atom stereocenters. The van der Waals surface area contributed by atoms with Gasteiger partial charge < -0.3 is 10.3 Å². The van der Waals surface area contributed by atoms with Gasteiger partial charge in [-0.15, -0.1) is 0 Å². The number of imidazole rings is 1. The fraction of sp³-hybridized carbons (Fsp3) is 0.160. The molecule has 5 aromatic rings. The summed E-state index contributed by atoms with van der Waals surface area (Å²) in [5, 5.41) is 8.60. The molecule has 1 aromatic heterocycles. The van der Waals surface area contributed by atoms with E-state index in [0.29, 0.717) is 0 Å². The standard InChI is InChI=1S/C25H20BrN3/c1-13-7-9-18-19(11-13)16-5-3-4-6-17(16)23-24(18)29-25(28-23)22-14(2)27-21-10-8-15(26)12-20(21)22/h3-12,14,22,27H,1-2H3,(H,28,29). The summed E-state index contributed by atoms with van der Waals surface area (Å²) < 4.78 is 1.10. The average Bonchev–Trinajstić information content (AvgIpc) is 3.28. The number of halogens is 1. The third-order valence-electron chi connectivity index (χ3n) is 6.17. The van der Waals surface area contributed by atoms with E-state index in [0.717, 1.165) is 21.3 Å². The Hall–Kier alpha value is -2.85. The van der Waals surface area contributed by atoms with Gasteiger partial charge in [0.25, 0.3) is 0 Å². The van der Waals surface area contributed by atoms with Crippen molar-refractivity contribution in [3.05, 3.63) is 82.1 Å². The maximum absolute atomic E-state index is 5.16. The van der Waals surface area contributed by atoms with Crippen LogP contribution in [0.3, 0.4) is 0 Å². The van der Waals surface area contributed by atoms with Crippen molar-refractivity contribution >= 4 is 54.2 Å². The number of hydrogen-bond donors (Lipinski definition) is 2. The Morgan fingerprint density at radius 3 is 2.59 bits per heavy atom. The number of aryl methyl sites for hydroxylation is 1. The Balaban J connectivity index is 1.68. The average molecular weight is 442 g/mol. The summed E-state index contributed by atoms with van der Waals surface area (Å²) in [5.74, 6) is 1.21. The van der Waals surface area contributed by atoms with Crippen LogP contribution in [-0.4, -0.2) is 16.0 Å². The van der Waals surface area contributed by atoms with Crippen molar-refractivity contribution in [1.82, 2.24) is 9.97 Å². The van der Waals surface area contributed by atoms with E-state index in [1.54, 1.807) is 0 Å². The van der Waals surface area contributed by atoms with Crippen LogP contribution < -0.4 is 5.32 Å². The second kappa shape index (κ2) is 6.07. The van der Waals surface area contributed by atoms with Crippen molar-refractivity contribution < 1.29 is 0 Å². The lowest BCUT2D eigenvalue weighted by molar-refractivity contribution is 0.692. The SMILES string of the molecule is Cc1ccc2c(c1)c1ccccc1c1nc(C3c4cc(Br)ccc4NC3C)[nH]c21. The minimum absolute atomic E-state index is 0.189. The van der Waals surface area contributed by atoms with Crippen molar-refractivity contribution in [1.29, 1.82) is 0 Å². The molecule has 142 valence electrons. The number of aromatic amines is 1. The quantitative estimate of drug-likeness (QED) is 0.278. The first-order chi connectivity index (χ1) is 14.1. The zero-order valence-electron chi connectivity index (χ0n) is 16.3. The highest BCUT2D eigenvalue weighted by atomic mass is 79.9. The molecule has 2 unspecified atom stereocenters. The van der Waals surface area contributed by atoms with Gasteiger partial charge in [-0.25, -0.2) is 4.98 Å². The molecule has 6 rings (SSSR count). The van der Waals surface area contributed by atoms with Crippen molar-refractivity contribution in [2.45, 2.75) is 25.8 Å². The van der Waals surface area contributed by atoms with Gasteiger partial charge in [0, 0.05) is 27.0 Å². The summed E-state index contributed by atoms with van der Waals surface area (Å²) in [6.45, 7) is 4.38. The van der Waals surface area contributed by atoms with Crippen molar-refractivity contribution in [3.8, 4) is 0 Å². The summed E-state index contributed by atoms with van der Waals surface area (Å²) in [6.07, 6.45) is 0. The van der Waals surface area contributed by atoms with Crippen LogP contribution >= 0.6 is 15.9 Å². The number of nitrogens with zero attached hydrogens (tertiary/aromatic N) is 1. The first kappa shape index (κ1) is 17.0. The molecule has 1 aliphatic heterocycles. The van der Waals surface area contributed by atoms with Gasteiger partial charge in [-0.1, -0.05) is 64.0 Å². The van der Waals surface area contributed by atoms with E-state index in [1.807, 2.05) is 0 Å². The smallest absolute Gasteiger partial charge is 0.117 e. The second-order valence-electron chi connectivity index (χ2n) is 8.08.